The number of halogens is 1. The highest BCUT2D eigenvalue weighted by Gasteiger charge is 2.10. The minimum Gasteiger partial charge on any atom is -0.384 e. The highest BCUT2D eigenvalue weighted by molar-refractivity contribution is 9.10. The number of amides is 1. The zero-order valence-corrected chi connectivity index (χ0v) is 12.0. The first-order valence-corrected chi connectivity index (χ1v) is 6.71. The van der Waals surface area contributed by atoms with Gasteiger partial charge in [-0.25, -0.2) is 4.98 Å². The second kappa shape index (κ2) is 8.05. The maximum Gasteiger partial charge on any atom is 0.252 e. The lowest BCUT2D eigenvalue weighted by molar-refractivity contribution is 0.0912. The lowest BCUT2D eigenvalue weighted by atomic mass is 10.2. The predicted octanol–water partition coefficient (Wildman–Crippen LogP) is 1.97. The predicted molar refractivity (Wildman–Crippen MR) is 74.4 cm³/mol. The van der Waals surface area contributed by atoms with Crippen molar-refractivity contribution in [3.05, 3.63) is 22.3 Å². The van der Waals surface area contributed by atoms with Gasteiger partial charge in [0, 0.05) is 23.8 Å². The summed E-state index contributed by atoms with van der Waals surface area (Å²) < 4.78 is 5.98. The molecule has 1 heterocycles. The summed E-state index contributed by atoms with van der Waals surface area (Å²) in [6.07, 6.45) is 3.66. The van der Waals surface area contributed by atoms with Gasteiger partial charge >= 0.3 is 0 Å². The van der Waals surface area contributed by atoms with Crippen LogP contribution in [0, 0.1) is 0 Å². The van der Waals surface area contributed by atoms with Gasteiger partial charge in [0.1, 0.15) is 5.82 Å². The Morgan fingerprint density at radius 2 is 2.33 bits per heavy atom. The second-order valence-electron chi connectivity index (χ2n) is 3.81. The molecule has 0 unspecified atom stereocenters. The van der Waals surface area contributed by atoms with E-state index in [4.69, 9.17) is 10.5 Å². The molecular formula is C12H18BrN3O2. The van der Waals surface area contributed by atoms with Crippen molar-refractivity contribution in [3.8, 4) is 0 Å². The van der Waals surface area contributed by atoms with Gasteiger partial charge in [-0.05, 0) is 28.4 Å². The Hall–Kier alpha value is -1.14. The number of unbranched alkanes of at least 4 members (excludes halogenated alkanes) is 1. The molecule has 0 aliphatic heterocycles. The van der Waals surface area contributed by atoms with E-state index in [-0.39, 0.29) is 5.91 Å². The van der Waals surface area contributed by atoms with E-state index in [1.165, 1.54) is 12.3 Å². The van der Waals surface area contributed by atoms with E-state index in [9.17, 15) is 4.79 Å². The monoisotopic (exact) mass is 315 g/mol. The third-order valence-corrected chi connectivity index (χ3v) is 2.93. The lowest BCUT2D eigenvalue weighted by Gasteiger charge is -2.07. The van der Waals surface area contributed by atoms with E-state index >= 15 is 0 Å². The van der Waals surface area contributed by atoms with Gasteiger partial charge in [0.15, 0.2) is 0 Å². The minimum absolute atomic E-state index is 0.185. The van der Waals surface area contributed by atoms with Gasteiger partial charge in [-0.1, -0.05) is 13.3 Å². The molecule has 0 fully saturated rings. The number of nitrogens with zero attached hydrogens (tertiary/aromatic N) is 1. The molecule has 0 aromatic carbocycles. The van der Waals surface area contributed by atoms with Crippen molar-refractivity contribution < 1.29 is 9.53 Å². The highest BCUT2D eigenvalue weighted by atomic mass is 79.9. The molecule has 0 saturated carbocycles. The van der Waals surface area contributed by atoms with Crippen LogP contribution in [0.4, 0.5) is 5.82 Å². The van der Waals surface area contributed by atoms with E-state index in [1.54, 1.807) is 0 Å². The van der Waals surface area contributed by atoms with Crippen LogP contribution >= 0.6 is 15.9 Å². The van der Waals surface area contributed by atoms with Crippen molar-refractivity contribution in [2.75, 3.05) is 25.5 Å². The molecule has 0 saturated heterocycles. The molecule has 1 aromatic heterocycles. The number of aromatic nitrogens is 1. The van der Waals surface area contributed by atoms with Gasteiger partial charge in [0.05, 0.1) is 12.2 Å². The van der Waals surface area contributed by atoms with Crippen molar-refractivity contribution in [2.45, 2.75) is 19.8 Å². The van der Waals surface area contributed by atoms with Gasteiger partial charge in [0.2, 0.25) is 0 Å². The van der Waals surface area contributed by atoms with Crippen molar-refractivity contribution >= 4 is 27.7 Å². The first-order valence-electron chi connectivity index (χ1n) is 5.92. The molecule has 0 bridgehead atoms. The Morgan fingerprint density at radius 1 is 1.56 bits per heavy atom. The van der Waals surface area contributed by atoms with Crippen molar-refractivity contribution in [3.63, 3.8) is 0 Å². The number of carbonyl (C=O) groups excluding carboxylic acids is 1. The quantitative estimate of drug-likeness (QED) is 0.754. The zero-order valence-electron chi connectivity index (χ0n) is 10.4. The molecule has 6 heteroatoms. The molecule has 0 radical (unpaired) electrons. The summed E-state index contributed by atoms with van der Waals surface area (Å²) in [5.41, 5.74) is 6.02. The molecule has 18 heavy (non-hydrogen) atoms. The molecule has 0 aliphatic carbocycles. The maximum absolute atomic E-state index is 11.8. The van der Waals surface area contributed by atoms with Crippen LogP contribution < -0.4 is 11.1 Å². The molecule has 0 spiro atoms. The number of rotatable bonds is 7. The fourth-order valence-corrected chi connectivity index (χ4v) is 1.71. The van der Waals surface area contributed by atoms with Gasteiger partial charge in [0.25, 0.3) is 5.91 Å². The summed E-state index contributed by atoms with van der Waals surface area (Å²) in [6.45, 7) is 3.84. The first-order chi connectivity index (χ1) is 8.65. The standard InChI is InChI=1S/C12H18BrN3O2/c1-2-3-5-18-6-4-15-12(17)9-7-11(14)16-8-10(9)13/h7-8H,2-6H2,1H3,(H2,14,16)(H,15,17). The van der Waals surface area contributed by atoms with Gasteiger partial charge < -0.3 is 15.8 Å². The number of anilines is 1. The Bertz CT molecular complexity index is 399. The Morgan fingerprint density at radius 3 is 3.06 bits per heavy atom. The summed E-state index contributed by atoms with van der Waals surface area (Å²) in [6, 6.07) is 1.54. The van der Waals surface area contributed by atoms with Crippen LogP contribution in [-0.4, -0.2) is 30.6 Å². The molecular weight excluding hydrogens is 298 g/mol. The SMILES string of the molecule is CCCCOCCNC(=O)c1cc(N)ncc1Br. The van der Waals surface area contributed by atoms with Gasteiger partial charge in [-0.2, -0.15) is 0 Å². The largest absolute Gasteiger partial charge is 0.384 e. The second-order valence-corrected chi connectivity index (χ2v) is 4.67. The topological polar surface area (TPSA) is 77.2 Å². The number of pyridine rings is 1. The maximum atomic E-state index is 11.8. The first kappa shape index (κ1) is 14.9. The Kier molecular flexibility index (Phi) is 6.67. The molecule has 0 atom stereocenters. The molecule has 3 N–H and O–H groups in total. The number of hydrogen-bond acceptors (Lipinski definition) is 4. The summed E-state index contributed by atoms with van der Waals surface area (Å²) in [5.74, 6) is 0.137. The number of nitrogens with one attached hydrogen (secondary N) is 1. The van der Waals surface area contributed by atoms with Crippen molar-refractivity contribution in [1.29, 1.82) is 0 Å². The van der Waals surface area contributed by atoms with E-state index < -0.39 is 0 Å². The average Bonchev–Trinajstić information content (AvgIpc) is 2.36. The number of hydrogen-bond donors (Lipinski definition) is 2. The number of nitrogens with two attached hydrogens (primary N) is 1. The number of nitrogen functional groups attached to an aromatic ring is 1. The van der Waals surface area contributed by atoms with Crippen LogP contribution in [0.2, 0.25) is 0 Å². The fraction of sp³-hybridized carbons (Fsp3) is 0.500. The molecule has 5 nitrogen and oxygen atoms in total. The molecule has 1 aromatic rings. The van der Waals surface area contributed by atoms with Crippen LogP contribution in [0.25, 0.3) is 0 Å². The van der Waals surface area contributed by atoms with Gasteiger partial charge in [-0.3, -0.25) is 4.79 Å². The van der Waals surface area contributed by atoms with Crippen LogP contribution in [0.3, 0.4) is 0 Å². The average molecular weight is 316 g/mol. The van der Waals surface area contributed by atoms with Crippen molar-refractivity contribution in [2.24, 2.45) is 0 Å². The van der Waals surface area contributed by atoms with E-state index in [0.717, 1.165) is 19.4 Å². The third kappa shape index (κ3) is 5.01. The van der Waals surface area contributed by atoms with E-state index in [0.29, 0.717) is 29.0 Å². The third-order valence-electron chi connectivity index (χ3n) is 2.30. The highest BCUT2D eigenvalue weighted by Crippen LogP contribution is 2.16. The van der Waals surface area contributed by atoms with Crippen LogP contribution in [0.5, 0.6) is 0 Å². The molecule has 1 rings (SSSR count). The minimum atomic E-state index is -0.185. The fourth-order valence-electron chi connectivity index (χ4n) is 1.31. The number of carbonyl (C=O) groups is 1. The molecule has 0 aliphatic rings. The van der Waals surface area contributed by atoms with Gasteiger partial charge in [-0.15, -0.1) is 0 Å². The smallest absolute Gasteiger partial charge is 0.252 e. The van der Waals surface area contributed by atoms with Crippen LogP contribution in [0.1, 0.15) is 30.1 Å². The Labute approximate surface area is 115 Å². The Balaban J connectivity index is 2.34. The summed E-state index contributed by atoms with van der Waals surface area (Å²) in [7, 11) is 0. The molecule has 1 amide bonds. The summed E-state index contributed by atoms with van der Waals surface area (Å²) in [4.78, 5) is 15.7. The summed E-state index contributed by atoms with van der Waals surface area (Å²) in [5, 5.41) is 2.77. The normalized spacial score (nSPS) is 10.3. The zero-order chi connectivity index (χ0) is 13.4. The lowest BCUT2D eigenvalue weighted by Crippen LogP contribution is -2.27. The summed E-state index contributed by atoms with van der Waals surface area (Å²) >= 11 is 3.26. The van der Waals surface area contributed by atoms with Crippen LogP contribution in [0.15, 0.2) is 16.7 Å². The van der Waals surface area contributed by atoms with E-state index in [2.05, 4.69) is 33.2 Å². The number of ether oxygens (including phenoxy) is 1. The van der Waals surface area contributed by atoms with Crippen molar-refractivity contribution in [1.82, 2.24) is 10.3 Å². The molecule has 100 valence electrons. The van der Waals surface area contributed by atoms with E-state index in [1.807, 2.05) is 0 Å². The van der Waals surface area contributed by atoms with Crippen LogP contribution in [-0.2, 0) is 4.74 Å².